The van der Waals surface area contributed by atoms with Gasteiger partial charge in [0, 0.05) is 31.7 Å². The van der Waals surface area contributed by atoms with E-state index >= 15 is 0 Å². The Morgan fingerprint density at radius 1 is 1.11 bits per heavy atom. The molecule has 1 aromatic carbocycles. The average molecular weight is 246 g/mol. The van der Waals surface area contributed by atoms with E-state index in [2.05, 4.69) is 0 Å². The molecule has 1 amide bonds. The van der Waals surface area contributed by atoms with Crippen LogP contribution < -0.4 is 5.73 Å². The second-order valence-electron chi connectivity index (χ2n) is 4.53. The van der Waals surface area contributed by atoms with Gasteiger partial charge >= 0.3 is 0 Å². The number of carbonyl (C=O) groups is 1. The maximum atomic E-state index is 12.2. The van der Waals surface area contributed by atoms with Gasteiger partial charge in [-0.1, -0.05) is 17.7 Å². The van der Waals surface area contributed by atoms with Crippen LogP contribution in [0, 0.1) is 12.3 Å². The fraction of sp³-hybridized carbons (Fsp3) is 0.385. The van der Waals surface area contributed by atoms with Crippen molar-refractivity contribution in [1.82, 2.24) is 9.80 Å². The molecule has 0 aliphatic carbocycles. The number of nitrogens with two attached hydrogens (primary N) is 1. The highest BCUT2D eigenvalue weighted by atomic mass is 16.2. The zero-order valence-corrected chi connectivity index (χ0v) is 10.5. The van der Waals surface area contributed by atoms with Gasteiger partial charge in [0.05, 0.1) is 0 Å². The quantitative estimate of drug-likeness (QED) is 0.564. The van der Waals surface area contributed by atoms with Gasteiger partial charge in [-0.05, 0) is 19.1 Å². The molecule has 1 heterocycles. The van der Waals surface area contributed by atoms with Gasteiger partial charge < -0.3 is 15.5 Å². The minimum Gasteiger partial charge on any atom is -0.370 e. The van der Waals surface area contributed by atoms with E-state index in [0.29, 0.717) is 26.2 Å². The molecule has 96 valence electrons. The fourth-order valence-corrected chi connectivity index (χ4v) is 2.03. The predicted molar refractivity (Wildman–Crippen MR) is 70.6 cm³/mol. The lowest BCUT2D eigenvalue weighted by Gasteiger charge is -2.34. The van der Waals surface area contributed by atoms with Crippen LogP contribution in [0.25, 0.3) is 0 Å². The van der Waals surface area contributed by atoms with Gasteiger partial charge in [-0.25, -0.2) is 0 Å². The van der Waals surface area contributed by atoms with Crippen molar-refractivity contribution in [1.29, 1.82) is 5.41 Å². The smallest absolute Gasteiger partial charge is 0.253 e. The first-order chi connectivity index (χ1) is 8.58. The fourth-order valence-electron chi connectivity index (χ4n) is 2.03. The first-order valence-corrected chi connectivity index (χ1v) is 6.03. The largest absolute Gasteiger partial charge is 0.370 e. The van der Waals surface area contributed by atoms with Gasteiger partial charge in [-0.2, -0.15) is 0 Å². The molecule has 18 heavy (non-hydrogen) atoms. The van der Waals surface area contributed by atoms with Crippen LogP contribution in [0.2, 0.25) is 0 Å². The van der Waals surface area contributed by atoms with E-state index in [1.54, 1.807) is 4.90 Å². The number of rotatable bonds is 1. The Morgan fingerprint density at radius 2 is 1.61 bits per heavy atom. The van der Waals surface area contributed by atoms with Crippen molar-refractivity contribution in [2.75, 3.05) is 26.2 Å². The van der Waals surface area contributed by atoms with E-state index in [1.807, 2.05) is 36.1 Å². The van der Waals surface area contributed by atoms with E-state index in [-0.39, 0.29) is 11.9 Å². The number of hydrogen-bond acceptors (Lipinski definition) is 2. The monoisotopic (exact) mass is 246 g/mol. The number of hydrogen-bond donors (Lipinski definition) is 2. The Morgan fingerprint density at radius 3 is 2.11 bits per heavy atom. The molecule has 0 unspecified atom stereocenters. The van der Waals surface area contributed by atoms with Crippen molar-refractivity contribution in [2.24, 2.45) is 5.73 Å². The Bertz CT molecular complexity index is 447. The number of aryl methyl sites for hydroxylation is 1. The second kappa shape index (κ2) is 5.08. The summed E-state index contributed by atoms with van der Waals surface area (Å²) in [5.74, 6) is 0.135. The zero-order chi connectivity index (χ0) is 13.1. The van der Waals surface area contributed by atoms with Gasteiger partial charge in [0.1, 0.15) is 0 Å². The van der Waals surface area contributed by atoms with Gasteiger partial charge in [0.25, 0.3) is 5.91 Å². The number of piperazine rings is 1. The van der Waals surface area contributed by atoms with Crippen LogP contribution in [0.1, 0.15) is 15.9 Å². The van der Waals surface area contributed by atoms with Crippen LogP contribution in [0.5, 0.6) is 0 Å². The number of carbonyl (C=O) groups excluding carboxylic acids is 1. The van der Waals surface area contributed by atoms with Gasteiger partial charge in [0.2, 0.25) is 0 Å². The molecule has 1 fully saturated rings. The van der Waals surface area contributed by atoms with Crippen LogP contribution in [0.15, 0.2) is 24.3 Å². The van der Waals surface area contributed by atoms with Gasteiger partial charge in [-0.15, -0.1) is 0 Å². The molecule has 0 atom stereocenters. The second-order valence-corrected chi connectivity index (χ2v) is 4.53. The average Bonchev–Trinajstić information content (AvgIpc) is 2.39. The lowest BCUT2D eigenvalue weighted by atomic mass is 10.1. The van der Waals surface area contributed by atoms with Crippen LogP contribution in [0.4, 0.5) is 0 Å². The van der Waals surface area contributed by atoms with E-state index in [0.717, 1.165) is 11.1 Å². The molecule has 5 heteroatoms. The van der Waals surface area contributed by atoms with Crippen molar-refractivity contribution >= 4 is 11.9 Å². The summed E-state index contributed by atoms with van der Waals surface area (Å²) in [7, 11) is 0. The Balaban J connectivity index is 1.99. The molecule has 1 aliphatic heterocycles. The molecule has 1 saturated heterocycles. The maximum Gasteiger partial charge on any atom is 0.253 e. The summed E-state index contributed by atoms with van der Waals surface area (Å²) in [6, 6.07) is 7.60. The number of nitrogens with one attached hydrogen (secondary N) is 1. The first-order valence-electron chi connectivity index (χ1n) is 6.03. The Kier molecular flexibility index (Phi) is 3.50. The van der Waals surface area contributed by atoms with E-state index < -0.39 is 0 Å². The molecule has 3 N–H and O–H groups in total. The lowest BCUT2D eigenvalue weighted by molar-refractivity contribution is 0.0690. The third kappa shape index (κ3) is 2.61. The number of nitrogens with zero attached hydrogens (tertiary/aromatic N) is 2. The third-order valence-corrected chi connectivity index (χ3v) is 3.21. The topological polar surface area (TPSA) is 73.4 Å². The molecule has 0 spiro atoms. The molecule has 2 rings (SSSR count). The van der Waals surface area contributed by atoms with Crippen LogP contribution >= 0.6 is 0 Å². The minimum atomic E-state index is 0.0539. The molecule has 1 aliphatic rings. The summed E-state index contributed by atoms with van der Waals surface area (Å²) in [4.78, 5) is 15.8. The standard InChI is InChI=1S/C13H18N4O/c1-10-2-4-11(5-3-10)12(18)16-6-8-17(9-7-16)13(14)15/h2-5H,6-9H2,1H3,(H3,14,15). The summed E-state index contributed by atoms with van der Waals surface area (Å²) < 4.78 is 0. The summed E-state index contributed by atoms with van der Waals surface area (Å²) in [6.07, 6.45) is 0. The highest BCUT2D eigenvalue weighted by Crippen LogP contribution is 2.09. The normalized spacial score (nSPS) is 15.6. The summed E-state index contributed by atoms with van der Waals surface area (Å²) in [5, 5.41) is 7.35. The van der Waals surface area contributed by atoms with Crippen molar-refractivity contribution in [3.8, 4) is 0 Å². The highest BCUT2D eigenvalue weighted by molar-refractivity contribution is 5.94. The van der Waals surface area contributed by atoms with Crippen molar-refractivity contribution in [3.05, 3.63) is 35.4 Å². The molecule has 1 aromatic rings. The van der Waals surface area contributed by atoms with E-state index in [9.17, 15) is 4.79 Å². The van der Waals surface area contributed by atoms with E-state index in [4.69, 9.17) is 11.1 Å². The summed E-state index contributed by atoms with van der Waals surface area (Å²) >= 11 is 0. The summed E-state index contributed by atoms with van der Waals surface area (Å²) in [6.45, 7) is 4.50. The van der Waals surface area contributed by atoms with Crippen molar-refractivity contribution in [2.45, 2.75) is 6.92 Å². The third-order valence-electron chi connectivity index (χ3n) is 3.21. The lowest BCUT2D eigenvalue weighted by Crippen LogP contribution is -2.52. The maximum absolute atomic E-state index is 12.2. The highest BCUT2D eigenvalue weighted by Gasteiger charge is 2.22. The van der Waals surface area contributed by atoms with Crippen LogP contribution in [0.3, 0.4) is 0 Å². The van der Waals surface area contributed by atoms with Gasteiger partial charge in [0.15, 0.2) is 5.96 Å². The molecular weight excluding hydrogens is 228 g/mol. The number of amides is 1. The van der Waals surface area contributed by atoms with Crippen LogP contribution in [-0.2, 0) is 0 Å². The predicted octanol–water partition coefficient (Wildman–Crippen LogP) is 0.646. The Hall–Kier alpha value is -2.04. The molecule has 5 nitrogen and oxygen atoms in total. The molecular formula is C13H18N4O. The SMILES string of the molecule is Cc1ccc(C(=O)N2CCN(C(=N)N)CC2)cc1. The molecule has 0 bridgehead atoms. The van der Waals surface area contributed by atoms with Gasteiger partial charge in [-0.3, -0.25) is 10.2 Å². The molecule has 0 saturated carbocycles. The van der Waals surface area contributed by atoms with Crippen LogP contribution in [-0.4, -0.2) is 47.8 Å². The molecule has 0 radical (unpaired) electrons. The van der Waals surface area contributed by atoms with Crippen molar-refractivity contribution < 1.29 is 4.79 Å². The minimum absolute atomic E-state index is 0.0539. The number of benzene rings is 1. The zero-order valence-electron chi connectivity index (χ0n) is 10.5. The van der Waals surface area contributed by atoms with Crippen molar-refractivity contribution in [3.63, 3.8) is 0 Å². The van der Waals surface area contributed by atoms with E-state index in [1.165, 1.54) is 0 Å². The first kappa shape index (κ1) is 12.4. The summed E-state index contributed by atoms with van der Waals surface area (Å²) in [5.41, 5.74) is 7.29. The molecule has 0 aromatic heterocycles. The Labute approximate surface area is 107 Å². The number of guanidine groups is 1.